The van der Waals surface area contributed by atoms with Gasteiger partial charge in [0.2, 0.25) is 0 Å². The lowest BCUT2D eigenvalue weighted by Crippen LogP contribution is -2.47. The highest BCUT2D eigenvalue weighted by Gasteiger charge is 2.33. The lowest BCUT2D eigenvalue weighted by molar-refractivity contribution is 0.0806. The van der Waals surface area contributed by atoms with Gasteiger partial charge in [0.15, 0.2) is 0 Å². The molecule has 1 rings (SSSR count). The van der Waals surface area contributed by atoms with Gasteiger partial charge in [0.25, 0.3) is 0 Å². The van der Waals surface area contributed by atoms with Gasteiger partial charge in [-0.1, -0.05) is 20.8 Å². The standard InChI is InChI=1S/C15H32N2O/c1-5-9-16-11-15(12-18-4)17(14-6-7-14)10-8-13(2)3/h13-16H,5-12H2,1-4H3. The summed E-state index contributed by atoms with van der Waals surface area (Å²) in [5, 5.41) is 3.55. The summed E-state index contributed by atoms with van der Waals surface area (Å²) in [5.74, 6) is 0.790. The van der Waals surface area contributed by atoms with Gasteiger partial charge in [-0.2, -0.15) is 0 Å². The number of ether oxygens (including phenoxy) is 1. The Bertz CT molecular complexity index is 205. The number of methoxy groups -OCH3 is 1. The summed E-state index contributed by atoms with van der Waals surface area (Å²) >= 11 is 0. The lowest BCUT2D eigenvalue weighted by Gasteiger charge is -2.32. The van der Waals surface area contributed by atoms with Gasteiger partial charge < -0.3 is 10.1 Å². The van der Waals surface area contributed by atoms with Gasteiger partial charge in [-0.3, -0.25) is 4.90 Å². The topological polar surface area (TPSA) is 24.5 Å². The normalized spacial score (nSPS) is 17.7. The monoisotopic (exact) mass is 256 g/mol. The highest BCUT2D eigenvalue weighted by Crippen LogP contribution is 2.29. The van der Waals surface area contributed by atoms with E-state index in [4.69, 9.17) is 4.74 Å². The smallest absolute Gasteiger partial charge is 0.0630 e. The van der Waals surface area contributed by atoms with Crippen LogP contribution in [-0.2, 0) is 4.74 Å². The molecule has 0 aliphatic heterocycles. The molecule has 0 aromatic carbocycles. The quantitative estimate of drug-likeness (QED) is 0.575. The van der Waals surface area contributed by atoms with E-state index >= 15 is 0 Å². The minimum Gasteiger partial charge on any atom is -0.383 e. The molecule has 0 spiro atoms. The third-order valence-electron chi connectivity index (χ3n) is 3.62. The molecule has 3 nitrogen and oxygen atoms in total. The zero-order valence-corrected chi connectivity index (χ0v) is 12.7. The number of rotatable bonds is 11. The highest BCUT2D eigenvalue weighted by atomic mass is 16.5. The van der Waals surface area contributed by atoms with Crippen LogP contribution in [0.15, 0.2) is 0 Å². The molecular weight excluding hydrogens is 224 g/mol. The Morgan fingerprint density at radius 2 is 2.06 bits per heavy atom. The third-order valence-corrected chi connectivity index (χ3v) is 3.62. The summed E-state index contributed by atoms with van der Waals surface area (Å²) < 4.78 is 5.42. The van der Waals surface area contributed by atoms with Crippen molar-refractivity contribution in [3.63, 3.8) is 0 Å². The second kappa shape index (κ2) is 8.89. The maximum absolute atomic E-state index is 5.42. The molecule has 0 radical (unpaired) electrons. The van der Waals surface area contributed by atoms with E-state index in [0.29, 0.717) is 6.04 Å². The average molecular weight is 256 g/mol. The lowest BCUT2D eigenvalue weighted by atomic mass is 10.1. The van der Waals surface area contributed by atoms with Crippen LogP contribution in [0.2, 0.25) is 0 Å². The molecule has 18 heavy (non-hydrogen) atoms. The Labute approximate surface area is 113 Å². The molecule has 0 bridgehead atoms. The van der Waals surface area contributed by atoms with Crippen molar-refractivity contribution in [2.45, 2.75) is 58.5 Å². The maximum atomic E-state index is 5.42. The van der Waals surface area contributed by atoms with Gasteiger partial charge in [0.1, 0.15) is 0 Å². The zero-order chi connectivity index (χ0) is 13.4. The Kier molecular flexibility index (Phi) is 7.87. The second-order valence-electron chi connectivity index (χ2n) is 5.96. The van der Waals surface area contributed by atoms with E-state index < -0.39 is 0 Å². The Morgan fingerprint density at radius 3 is 2.56 bits per heavy atom. The minimum absolute atomic E-state index is 0.549. The van der Waals surface area contributed by atoms with Crippen molar-refractivity contribution < 1.29 is 4.74 Å². The van der Waals surface area contributed by atoms with E-state index in [1.165, 1.54) is 32.2 Å². The number of hydrogen-bond acceptors (Lipinski definition) is 3. The molecule has 0 amide bonds. The van der Waals surface area contributed by atoms with Gasteiger partial charge in [-0.05, 0) is 44.7 Å². The van der Waals surface area contributed by atoms with E-state index in [-0.39, 0.29) is 0 Å². The summed E-state index contributed by atoms with van der Waals surface area (Å²) in [5.41, 5.74) is 0. The molecule has 1 fully saturated rings. The summed E-state index contributed by atoms with van der Waals surface area (Å²) in [6.45, 7) is 11.1. The fourth-order valence-electron chi connectivity index (χ4n) is 2.39. The fourth-order valence-corrected chi connectivity index (χ4v) is 2.39. The molecule has 0 aromatic heterocycles. The molecule has 108 valence electrons. The highest BCUT2D eigenvalue weighted by molar-refractivity contribution is 4.89. The van der Waals surface area contributed by atoms with E-state index in [1.54, 1.807) is 0 Å². The van der Waals surface area contributed by atoms with Gasteiger partial charge in [0.05, 0.1) is 6.61 Å². The summed E-state index contributed by atoms with van der Waals surface area (Å²) in [7, 11) is 1.82. The number of nitrogens with zero attached hydrogens (tertiary/aromatic N) is 1. The summed E-state index contributed by atoms with van der Waals surface area (Å²) in [6, 6.07) is 1.38. The number of hydrogen-bond donors (Lipinski definition) is 1. The van der Waals surface area contributed by atoms with Crippen LogP contribution in [0.3, 0.4) is 0 Å². The van der Waals surface area contributed by atoms with Gasteiger partial charge in [-0.25, -0.2) is 0 Å². The Hall–Kier alpha value is -0.120. The van der Waals surface area contributed by atoms with Crippen molar-refractivity contribution in [2.24, 2.45) is 5.92 Å². The second-order valence-corrected chi connectivity index (χ2v) is 5.96. The largest absolute Gasteiger partial charge is 0.383 e. The van der Waals surface area contributed by atoms with Crippen molar-refractivity contribution in [3.05, 3.63) is 0 Å². The first-order chi connectivity index (χ1) is 8.69. The number of nitrogens with one attached hydrogen (secondary N) is 1. The van der Waals surface area contributed by atoms with E-state index in [9.17, 15) is 0 Å². The molecule has 0 saturated heterocycles. The van der Waals surface area contributed by atoms with Crippen LogP contribution >= 0.6 is 0 Å². The molecule has 1 saturated carbocycles. The van der Waals surface area contributed by atoms with Crippen LogP contribution in [0, 0.1) is 5.92 Å². The van der Waals surface area contributed by atoms with Crippen LogP contribution in [0.4, 0.5) is 0 Å². The molecule has 1 N–H and O–H groups in total. The predicted octanol–water partition coefficient (Wildman–Crippen LogP) is 2.51. The summed E-state index contributed by atoms with van der Waals surface area (Å²) in [6.07, 6.45) is 5.26. The Morgan fingerprint density at radius 1 is 1.33 bits per heavy atom. The van der Waals surface area contributed by atoms with Crippen LogP contribution in [-0.4, -0.2) is 50.3 Å². The molecule has 1 atom stereocenters. The molecule has 0 aromatic rings. The van der Waals surface area contributed by atoms with Crippen LogP contribution < -0.4 is 5.32 Å². The van der Waals surface area contributed by atoms with Crippen LogP contribution in [0.5, 0.6) is 0 Å². The van der Waals surface area contributed by atoms with Crippen molar-refractivity contribution in [2.75, 3.05) is 33.4 Å². The van der Waals surface area contributed by atoms with E-state index in [2.05, 4.69) is 31.0 Å². The van der Waals surface area contributed by atoms with Crippen molar-refractivity contribution >= 4 is 0 Å². The first-order valence-electron chi connectivity index (χ1n) is 7.64. The molecule has 3 heteroatoms. The van der Waals surface area contributed by atoms with Crippen LogP contribution in [0.25, 0.3) is 0 Å². The first-order valence-corrected chi connectivity index (χ1v) is 7.64. The van der Waals surface area contributed by atoms with E-state index in [1.807, 2.05) is 7.11 Å². The minimum atomic E-state index is 0.549. The molecule has 0 heterocycles. The molecular formula is C15H32N2O. The SMILES string of the molecule is CCCNCC(COC)N(CCC(C)C)C1CC1. The van der Waals surface area contributed by atoms with Gasteiger partial charge >= 0.3 is 0 Å². The maximum Gasteiger partial charge on any atom is 0.0630 e. The summed E-state index contributed by atoms with van der Waals surface area (Å²) in [4.78, 5) is 2.69. The van der Waals surface area contributed by atoms with E-state index in [0.717, 1.165) is 31.7 Å². The Balaban J connectivity index is 2.42. The average Bonchev–Trinajstić information content (AvgIpc) is 3.13. The fraction of sp³-hybridized carbons (Fsp3) is 1.00. The zero-order valence-electron chi connectivity index (χ0n) is 12.7. The predicted molar refractivity (Wildman–Crippen MR) is 78.0 cm³/mol. The molecule has 1 unspecified atom stereocenters. The van der Waals surface area contributed by atoms with Gasteiger partial charge in [0, 0.05) is 25.7 Å². The van der Waals surface area contributed by atoms with Gasteiger partial charge in [-0.15, -0.1) is 0 Å². The van der Waals surface area contributed by atoms with Crippen LogP contribution in [0.1, 0.15) is 46.5 Å². The first kappa shape index (κ1) is 15.9. The van der Waals surface area contributed by atoms with Crippen molar-refractivity contribution in [3.8, 4) is 0 Å². The molecule has 1 aliphatic rings. The molecule has 1 aliphatic carbocycles. The van der Waals surface area contributed by atoms with Crippen molar-refractivity contribution in [1.29, 1.82) is 0 Å². The van der Waals surface area contributed by atoms with Crippen molar-refractivity contribution in [1.82, 2.24) is 10.2 Å². The third kappa shape index (κ3) is 6.17.